The topological polar surface area (TPSA) is 62.5 Å². The molecule has 1 N–H and O–H groups in total. The van der Waals surface area contributed by atoms with Crippen LogP contribution in [0.1, 0.15) is 11.3 Å². The fourth-order valence-electron chi connectivity index (χ4n) is 4.10. The summed E-state index contributed by atoms with van der Waals surface area (Å²) in [6.07, 6.45) is 0. The lowest BCUT2D eigenvalue weighted by Crippen LogP contribution is -2.48. The quantitative estimate of drug-likeness (QED) is 0.600. The minimum atomic E-state index is -0.416. The van der Waals surface area contributed by atoms with E-state index < -0.39 is 5.82 Å². The summed E-state index contributed by atoms with van der Waals surface area (Å²) >= 11 is 5.88. The maximum Gasteiger partial charge on any atom is 0.295 e. The molecule has 174 valence electrons. The van der Waals surface area contributed by atoms with Gasteiger partial charge in [-0.15, -0.1) is 0 Å². The molecule has 7 nitrogen and oxygen atoms in total. The van der Waals surface area contributed by atoms with Crippen LogP contribution in [-0.4, -0.2) is 57.8 Å². The van der Waals surface area contributed by atoms with Crippen LogP contribution in [0.5, 0.6) is 0 Å². The number of halogens is 2. The van der Waals surface area contributed by atoms with E-state index in [9.17, 15) is 14.0 Å². The Balaban J connectivity index is 1.34. The van der Waals surface area contributed by atoms with Crippen molar-refractivity contribution in [2.45, 2.75) is 13.5 Å². The Bertz CT molecular complexity index is 1200. The Morgan fingerprint density at radius 1 is 1.06 bits per heavy atom. The highest BCUT2D eigenvalue weighted by molar-refractivity contribution is 6.30. The Morgan fingerprint density at radius 2 is 1.73 bits per heavy atom. The molecular weight excluding hydrogens is 445 g/mol. The van der Waals surface area contributed by atoms with Crippen LogP contribution in [-0.2, 0) is 18.4 Å². The molecule has 33 heavy (non-hydrogen) atoms. The van der Waals surface area contributed by atoms with E-state index >= 15 is 0 Å². The third kappa shape index (κ3) is 5.19. The van der Waals surface area contributed by atoms with Crippen molar-refractivity contribution in [1.29, 1.82) is 0 Å². The molecule has 0 aliphatic carbocycles. The first-order valence-corrected chi connectivity index (χ1v) is 11.2. The first-order valence-electron chi connectivity index (χ1n) is 10.9. The van der Waals surface area contributed by atoms with Crippen LogP contribution in [0.2, 0.25) is 5.02 Å². The second kappa shape index (κ2) is 9.91. The van der Waals surface area contributed by atoms with Crippen molar-refractivity contribution in [2.24, 2.45) is 7.05 Å². The number of nitrogens with one attached hydrogen (secondary N) is 1. The normalized spacial score (nSPS) is 15.0. The summed E-state index contributed by atoms with van der Waals surface area (Å²) in [6.45, 7) is 5.74. The molecule has 1 aromatic heterocycles. The van der Waals surface area contributed by atoms with Gasteiger partial charge in [0.1, 0.15) is 11.5 Å². The molecule has 0 atom stereocenters. The number of hydrogen-bond acceptors (Lipinski definition) is 4. The van der Waals surface area contributed by atoms with Crippen LogP contribution in [0.15, 0.2) is 53.3 Å². The van der Waals surface area contributed by atoms with Crippen LogP contribution >= 0.6 is 11.6 Å². The highest BCUT2D eigenvalue weighted by Gasteiger charge is 2.22. The molecule has 9 heteroatoms. The molecule has 1 aliphatic rings. The zero-order chi connectivity index (χ0) is 23.5. The third-order valence-corrected chi connectivity index (χ3v) is 6.33. The molecule has 1 fully saturated rings. The van der Waals surface area contributed by atoms with Gasteiger partial charge >= 0.3 is 0 Å². The molecular formula is C24H27ClFN5O2. The van der Waals surface area contributed by atoms with Crippen LogP contribution in [0.25, 0.3) is 5.69 Å². The zero-order valence-corrected chi connectivity index (χ0v) is 19.5. The van der Waals surface area contributed by atoms with Gasteiger partial charge in [0.15, 0.2) is 0 Å². The predicted octanol–water partition coefficient (Wildman–Crippen LogP) is 3.03. The number of aromatic nitrogens is 2. The lowest BCUT2D eigenvalue weighted by molar-refractivity contribution is -0.117. The predicted molar refractivity (Wildman–Crippen MR) is 128 cm³/mol. The van der Waals surface area contributed by atoms with Gasteiger partial charge in [-0.1, -0.05) is 35.9 Å². The Kier molecular flexibility index (Phi) is 6.97. The Morgan fingerprint density at radius 3 is 2.39 bits per heavy atom. The molecule has 0 spiro atoms. The maximum absolute atomic E-state index is 13.4. The van der Waals surface area contributed by atoms with Crippen molar-refractivity contribution >= 4 is 23.2 Å². The van der Waals surface area contributed by atoms with Gasteiger partial charge in [-0.25, -0.2) is 9.07 Å². The first-order chi connectivity index (χ1) is 15.8. The van der Waals surface area contributed by atoms with Gasteiger partial charge in [0.2, 0.25) is 5.91 Å². The van der Waals surface area contributed by atoms with E-state index in [-0.39, 0.29) is 23.0 Å². The third-order valence-electron chi connectivity index (χ3n) is 6.04. The summed E-state index contributed by atoms with van der Waals surface area (Å²) < 4.78 is 16.6. The fourth-order valence-corrected chi connectivity index (χ4v) is 4.30. The molecule has 2 aromatic carbocycles. The molecule has 4 rings (SSSR count). The van der Waals surface area contributed by atoms with Crippen molar-refractivity contribution in [3.63, 3.8) is 0 Å². The van der Waals surface area contributed by atoms with Crippen LogP contribution < -0.4 is 10.9 Å². The zero-order valence-electron chi connectivity index (χ0n) is 18.7. The molecule has 3 aromatic rings. The van der Waals surface area contributed by atoms with Crippen molar-refractivity contribution in [2.75, 3.05) is 38.0 Å². The van der Waals surface area contributed by atoms with E-state index in [0.29, 0.717) is 17.9 Å². The monoisotopic (exact) mass is 471 g/mol. The number of benzene rings is 2. The standard InChI is InChI=1S/C24H27ClFN5O2/c1-17-23(24(33)31(28(17)2)19-6-4-3-5-7-19)27-22(32)16-30-12-10-29(11-13-30)15-18-8-9-21(26)20(25)14-18/h3-9,14H,10-13,15-16H2,1-2H3,(H,27,32). The lowest BCUT2D eigenvalue weighted by Gasteiger charge is -2.34. The summed E-state index contributed by atoms with van der Waals surface area (Å²) in [6, 6.07) is 14.1. The smallest absolute Gasteiger partial charge is 0.295 e. The molecule has 0 radical (unpaired) electrons. The van der Waals surface area contributed by atoms with E-state index in [1.807, 2.05) is 37.3 Å². The van der Waals surface area contributed by atoms with Gasteiger partial charge in [0.25, 0.3) is 5.56 Å². The van der Waals surface area contributed by atoms with E-state index in [1.54, 1.807) is 28.5 Å². The highest BCUT2D eigenvalue weighted by atomic mass is 35.5. The Labute approximate surface area is 197 Å². The second-order valence-corrected chi connectivity index (χ2v) is 8.69. The molecule has 0 saturated carbocycles. The maximum atomic E-state index is 13.4. The molecule has 0 unspecified atom stereocenters. The van der Waals surface area contributed by atoms with Gasteiger partial charge < -0.3 is 5.32 Å². The summed E-state index contributed by atoms with van der Waals surface area (Å²) in [5, 5.41) is 2.95. The van der Waals surface area contributed by atoms with Gasteiger partial charge in [-0.2, -0.15) is 0 Å². The number of carbonyl (C=O) groups excluding carboxylic acids is 1. The highest BCUT2D eigenvalue weighted by Crippen LogP contribution is 2.18. The van der Waals surface area contributed by atoms with Gasteiger partial charge in [-0.3, -0.25) is 24.1 Å². The van der Waals surface area contributed by atoms with Crippen molar-refractivity contribution in [1.82, 2.24) is 19.2 Å². The van der Waals surface area contributed by atoms with Crippen LogP contribution in [0, 0.1) is 12.7 Å². The number of piperazine rings is 1. The molecule has 1 saturated heterocycles. The van der Waals surface area contributed by atoms with E-state index in [4.69, 9.17) is 11.6 Å². The minimum Gasteiger partial charge on any atom is -0.319 e. The lowest BCUT2D eigenvalue weighted by atomic mass is 10.2. The average Bonchev–Trinajstić information content (AvgIpc) is 3.01. The van der Waals surface area contributed by atoms with E-state index in [0.717, 1.165) is 37.4 Å². The second-order valence-electron chi connectivity index (χ2n) is 8.29. The van der Waals surface area contributed by atoms with Gasteiger partial charge in [0.05, 0.1) is 22.9 Å². The molecule has 0 bridgehead atoms. The number of anilines is 1. The van der Waals surface area contributed by atoms with Crippen molar-refractivity contribution in [3.8, 4) is 5.69 Å². The van der Waals surface area contributed by atoms with Crippen molar-refractivity contribution in [3.05, 3.63) is 81.0 Å². The molecule has 1 amide bonds. The van der Waals surface area contributed by atoms with Crippen LogP contribution in [0.3, 0.4) is 0 Å². The summed E-state index contributed by atoms with van der Waals surface area (Å²) in [7, 11) is 1.80. The van der Waals surface area contributed by atoms with Gasteiger partial charge in [0, 0.05) is 39.8 Å². The summed E-state index contributed by atoms with van der Waals surface area (Å²) in [5.74, 6) is -0.625. The number of amides is 1. The summed E-state index contributed by atoms with van der Waals surface area (Å²) in [5.41, 5.74) is 2.45. The summed E-state index contributed by atoms with van der Waals surface area (Å²) in [4.78, 5) is 30.0. The van der Waals surface area contributed by atoms with Crippen LogP contribution in [0.4, 0.5) is 10.1 Å². The largest absolute Gasteiger partial charge is 0.319 e. The van der Waals surface area contributed by atoms with Crippen molar-refractivity contribution < 1.29 is 9.18 Å². The van der Waals surface area contributed by atoms with E-state index in [2.05, 4.69) is 15.1 Å². The number of nitrogens with zero attached hydrogens (tertiary/aromatic N) is 4. The SMILES string of the molecule is Cc1c(NC(=O)CN2CCN(Cc3ccc(F)c(Cl)c3)CC2)c(=O)n(-c2ccccc2)n1C. The Hall–Kier alpha value is -2.94. The molecule has 2 heterocycles. The molecule has 1 aliphatic heterocycles. The fraction of sp³-hybridized carbons (Fsp3) is 0.333. The van der Waals surface area contributed by atoms with Gasteiger partial charge in [-0.05, 0) is 36.8 Å². The van der Waals surface area contributed by atoms with E-state index in [1.165, 1.54) is 6.07 Å². The number of hydrogen-bond donors (Lipinski definition) is 1. The number of para-hydroxylation sites is 1. The number of rotatable bonds is 6. The number of carbonyl (C=O) groups is 1. The first kappa shape index (κ1) is 23.2. The minimum absolute atomic E-state index is 0.130. The average molecular weight is 472 g/mol.